The molecule has 0 spiro atoms. The molecular weight excluding hydrogens is 277 g/mol. The maximum atomic E-state index is 5.85. The number of halogens is 3. The third-order valence-electron chi connectivity index (χ3n) is 2.43. The number of benzene rings is 2. The molecule has 0 saturated carbocycles. The van der Waals surface area contributed by atoms with E-state index in [0.717, 1.165) is 21.4 Å². The highest BCUT2D eigenvalue weighted by molar-refractivity contribution is 6.31. The maximum Gasteiger partial charge on any atom is 0.0409 e. The van der Waals surface area contributed by atoms with E-state index in [-0.39, 0.29) is 12.4 Å². The summed E-state index contributed by atoms with van der Waals surface area (Å²) < 4.78 is 0. The number of anilines is 2. The van der Waals surface area contributed by atoms with Crippen LogP contribution in [-0.4, -0.2) is 7.05 Å². The topological polar surface area (TPSA) is 3.24 Å². The molecule has 17 heavy (non-hydrogen) atoms. The highest BCUT2D eigenvalue weighted by Crippen LogP contribution is 2.25. The van der Waals surface area contributed by atoms with Gasteiger partial charge in [-0.1, -0.05) is 23.2 Å². The lowest BCUT2D eigenvalue weighted by Gasteiger charge is -2.19. The molecule has 0 atom stereocenters. The van der Waals surface area contributed by atoms with Crippen LogP contribution in [-0.2, 0) is 0 Å². The van der Waals surface area contributed by atoms with Crippen molar-refractivity contribution in [3.05, 3.63) is 58.6 Å². The minimum atomic E-state index is 0. The first-order chi connectivity index (χ1) is 7.66. The Balaban J connectivity index is 0.00000144. The number of hydrogen-bond acceptors (Lipinski definition) is 1. The summed E-state index contributed by atoms with van der Waals surface area (Å²) in [7, 11) is 2.01. The van der Waals surface area contributed by atoms with Gasteiger partial charge in [-0.2, -0.15) is 0 Å². The Morgan fingerprint density at radius 1 is 0.706 bits per heavy atom. The van der Waals surface area contributed by atoms with Gasteiger partial charge < -0.3 is 4.90 Å². The van der Waals surface area contributed by atoms with Crippen molar-refractivity contribution in [3.8, 4) is 0 Å². The fourth-order valence-corrected chi connectivity index (χ4v) is 1.73. The molecule has 0 aromatic heterocycles. The minimum absolute atomic E-state index is 0. The Morgan fingerprint density at radius 3 is 1.29 bits per heavy atom. The third-order valence-corrected chi connectivity index (χ3v) is 2.93. The van der Waals surface area contributed by atoms with Crippen molar-refractivity contribution >= 4 is 47.0 Å². The predicted octanol–water partition coefficient (Wildman–Crippen LogP) is 5.18. The lowest BCUT2D eigenvalue weighted by molar-refractivity contribution is 1.21. The lowest BCUT2D eigenvalue weighted by Crippen LogP contribution is -2.08. The molecule has 2 aromatic rings. The van der Waals surface area contributed by atoms with Crippen LogP contribution in [0.25, 0.3) is 0 Å². The van der Waals surface area contributed by atoms with E-state index in [1.807, 2.05) is 55.6 Å². The van der Waals surface area contributed by atoms with Crippen LogP contribution in [0.2, 0.25) is 10.0 Å². The van der Waals surface area contributed by atoms with Gasteiger partial charge in [-0.15, -0.1) is 12.4 Å². The Labute approximate surface area is 117 Å². The van der Waals surface area contributed by atoms with Gasteiger partial charge >= 0.3 is 0 Å². The van der Waals surface area contributed by atoms with Crippen LogP contribution in [0.15, 0.2) is 48.5 Å². The average Bonchev–Trinajstić information content (AvgIpc) is 2.30. The molecular formula is C13H12Cl3N. The zero-order chi connectivity index (χ0) is 11.5. The van der Waals surface area contributed by atoms with Crippen molar-refractivity contribution in [1.82, 2.24) is 0 Å². The normalized spacial score (nSPS) is 9.59. The Hall–Kier alpha value is -0.890. The summed E-state index contributed by atoms with van der Waals surface area (Å²) in [6, 6.07) is 15.4. The molecule has 0 unspecified atom stereocenters. The second-order valence-corrected chi connectivity index (χ2v) is 4.38. The quantitative estimate of drug-likeness (QED) is 0.735. The van der Waals surface area contributed by atoms with Gasteiger partial charge in [-0.25, -0.2) is 0 Å². The van der Waals surface area contributed by atoms with E-state index in [4.69, 9.17) is 23.2 Å². The molecule has 0 aliphatic carbocycles. The summed E-state index contributed by atoms with van der Waals surface area (Å²) in [6.45, 7) is 0. The molecule has 0 aliphatic heterocycles. The van der Waals surface area contributed by atoms with Crippen molar-refractivity contribution in [2.75, 3.05) is 11.9 Å². The maximum absolute atomic E-state index is 5.85. The van der Waals surface area contributed by atoms with Crippen molar-refractivity contribution in [1.29, 1.82) is 0 Å². The zero-order valence-corrected chi connectivity index (χ0v) is 11.6. The van der Waals surface area contributed by atoms with Crippen LogP contribution in [0, 0.1) is 0 Å². The molecule has 0 N–H and O–H groups in total. The van der Waals surface area contributed by atoms with Crippen molar-refractivity contribution in [2.24, 2.45) is 0 Å². The molecule has 1 nitrogen and oxygen atoms in total. The second-order valence-electron chi connectivity index (χ2n) is 3.51. The molecule has 0 aliphatic rings. The summed E-state index contributed by atoms with van der Waals surface area (Å²) in [5.41, 5.74) is 2.18. The summed E-state index contributed by atoms with van der Waals surface area (Å²) in [4.78, 5) is 2.08. The Bertz CT molecular complexity index is 420. The molecule has 90 valence electrons. The second kappa shape index (κ2) is 6.15. The van der Waals surface area contributed by atoms with Crippen molar-refractivity contribution in [2.45, 2.75) is 0 Å². The Kier molecular flexibility index (Phi) is 5.13. The first-order valence-electron chi connectivity index (χ1n) is 4.92. The molecule has 4 heteroatoms. The van der Waals surface area contributed by atoms with E-state index >= 15 is 0 Å². The predicted molar refractivity (Wildman–Crippen MR) is 78.2 cm³/mol. The Morgan fingerprint density at radius 2 is 1.00 bits per heavy atom. The highest BCUT2D eigenvalue weighted by Gasteiger charge is 2.03. The van der Waals surface area contributed by atoms with Crippen LogP contribution in [0.5, 0.6) is 0 Å². The fraction of sp³-hybridized carbons (Fsp3) is 0.0769. The van der Waals surface area contributed by atoms with Gasteiger partial charge in [0.1, 0.15) is 0 Å². The van der Waals surface area contributed by atoms with Gasteiger partial charge in [0.05, 0.1) is 0 Å². The van der Waals surface area contributed by atoms with E-state index in [2.05, 4.69) is 4.90 Å². The summed E-state index contributed by atoms with van der Waals surface area (Å²) in [5.74, 6) is 0. The van der Waals surface area contributed by atoms with Gasteiger partial charge in [-0.3, -0.25) is 0 Å². The molecule has 0 saturated heterocycles. The van der Waals surface area contributed by atoms with Gasteiger partial charge in [-0.05, 0) is 48.5 Å². The molecule has 2 rings (SSSR count). The SMILES string of the molecule is CN(c1ccc(Cl)cc1)c1ccc(Cl)cc1.Cl. The summed E-state index contributed by atoms with van der Waals surface area (Å²) >= 11 is 11.7. The third kappa shape index (κ3) is 3.53. The first-order valence-corrected chi connectivity index (χ1v) is 5.67. The molecule has 0 fully saturated rings. The number of nitrogens with zero attached hydrogens (tertiary/aromatic N) is 1. The van der Waals surface area contributed by atoms with Gasteiger partial charge in [0, 0.05) is 28.5 Å². The largest absolute Gasteiger partial charge is 0.345 e. The van der Waals surface area contributed by atoms with Crippen molar-refractivity contribution in [3.63, 3.8) is 0 Å². The molecule has 2 aromatic carbocycles. The summed E-state index contributed by atoms with van der Waals surface area (Å²) in [5, 5.41) is 1.49. The van der Waals surface area contributed by atoms with Gasteiger partial charge in [0.25, 0.3) is 0 Å². The monoisotopic (exact) mass is 287 g/mol. The molecule has 0 bridgehead atoms. The minimum Gasteiger partial charge on any atom is -0.345 e. The molecule has 0 radical (unpaired) electrons. The zero-order valence-electron chi connectivity index (χ0n) is 9.23. The first kappa shape index (κ1) is 14.2. The smallest absolute Gasteiger partial charge is 0.0409 e. The molecule has 0 amide bonds. The average molecular weight is 289 g/mol. The van der Waals surface area contributed by atoms with Gasteiger partial charge in [0.15, 0.2) is 0 Å². The molecule has 0 heterocycles. The summed E-state index contributed by atoms with van der Waals surface area (Å²) in [6.07, 6.45) is 0. The van der Waals surface area contributed by atoms with E-state index in [1.54, 1.807) is 0 Å². The number of rotatable bonds is 2. The van der Waals surface area contributed by atoms with Crippen molar-refractivity contribution < 1.29 is 0 Å². The van der Waals surface area contributed by atoms with Crippen LogP contribution in [0.1, 0.15) is 0 Å². The van der Waals surface area contributed by atoms with E-state index < -0.39 is 0 Å². The van der Waals surface area contributed by atoms with Crippen LogP contribution < -0.4 is 4.90 Å². The van der Waals surface area contributed by atoms with Crippen LogP contribution >= 0.6 is 35.6 Å². The van der Waals surface area contributed by atoms with Gasteiger partial charge in [0.2, 0.25) is 0 Å². The number of hydrogen-bond donors (Lipinski definition) is 0. The van der Waals surface area contributed by atoms with E-state index in [9.17, 15) is 0 Å². The van der Waals surface area contributed by atoms with E-state index in [1.165, 1.54) is 0 Å². The van der Waals surface area contributed by atoms with Crippen LogP contribution in [0.3, 0.4) is 0 Å². The highest BCUT2D eigenvalue weighted by atomic mass is 35.5. The van der Waals surface area contributed by atoms with Crippen LogP contribution in [0.4, 0.5) is 11.4 Å². The lowest BCUT2D eigenvalue weighted by atomic mass is 10.2. The van der Waals surface area contributed by atoms with E-state index in [0.29, 0.717) is 0 Å². The standard InChI is InChI=1S/C13H11Cl2N.ClH/c1-16(12-6-2-10(14)3-7-12)13-8-4-11(15)5-9-13;/h2-9H,1H3;1H. The fourth-order valence-electron chi connectivity index (χ4n) is 1.48.